The highest BCUT2D eigenvalue weighted by atomic mass is 32.1. The number of amides is 2. The Labute approximate surface area is 141 Å². The van der Waals surface area contributed by atoms with Crippen LogP contribution in [0.3, 0.4) is 0 Å². The lowest BCUT2D eigenvalue weighted by Gasteiger charge is -2.20. The fourth-order valence-corrected chi connectivity index (χ4v) is 2.85. The monoisotopic (exact) mass is 330 g/mol. The summed E-state index contributed by atoms with van der Waals surface area (Å²) in [5.74, 6) is -0.0886. The zero-order valence-corrected chi connectivity index (χ0v) is 14.4. The number of hydrogen-bond donors (Lipinski definition) is 1. The molecule has 23 heavy (non-hydrogen) atoms. The molecule has 2 amide bonds. The summed E-state index contributed by atoms with van der Waals surface area (Å²) in [7, 11) is 0. The number of carbonyl (C=O) groups excluding carboxylic acids is 2. The minimum absolute atomic E-state index is 0.0390. The first-order valence-corrected chi connectivity index (χ1v) is 8.77. The van der Waals surface area contributed by atoms with E-state index < -0.39 is 0 Å². The first-order valence-electron chi connectivity index (χ1n) is 7.90. The number of carbonyl (C=O) groups is 2. The molecular formula is C18H22N2O2S. The summed E-state index contributed by atoms with van der Waals surface area (Å²) >= 11 is 1.40. The van der Waals surface area contributed by atoms with E-state index in [4.69, 9.17) is 0 Å². The molecule has 4 nitrogen and oxygen atoms in total. The molecule has 2 rings (SSSR count). The van der Waals surface area contributed by atoms with Crippen LogP contribution in [0.4, 0.5) is 5.69 Å². The number of benzene rings is 1. The van der Waals surface area contributed by atoms with Gasteiger partial charge in [0.1, 0.15) is 0 Å². The van der Waals surface area contributed by atoms with E-state index in [1.165, 1.54) is 11.3 Å². The van der Waals surface area contributed by atoms with Crippen molar-refractivity contribution in [3.8, 4) is 0 Å². The van der Waals surface area contributed by atoms with Crippen molar-refractivity contribution >= 4 is 28.8 Å². The molecule has 0 spiro atoms. The number of anilines is 1. The van der Waals surface area contributed by atoms with Crippen molar-refractivity contribution in [1.82, 2.24) is 4.90 Å². The maximum Gasteiger partial charge on any atom is 0.265 e. The van der Waals surface area contributed by atoms with Crippen molar-refractivity contribution in [1.29, 1.82) is 0 Å². The van der Waals surface area contributed by atoms with Gasteiger partial charge in [-0.05, 0) is 49.1 Å². The van der Waals surface area contributed by atoms with E-state index in [-0.39, 0.29) is 11.8 Å². The Morgan fingerprint density at radius 1 is 1.13 bits per heavy atom. The second-order valence-corrected chi connectivity index (χ2v) is 6.19. The highest BCUT2D eigenvalue weighted by molar-refractivity contribution is 7.12. The van der Waals surface area contributed by atoms with Crippen LogP contribution in [-0.4, -0.2) is 29.8 Å². The third-order valence-corrected chi connectivity index (χ3v) is 4.45. The van der Waals surface area contributed by atoms with Gasteiger partial charge in [0.25, 0.3) is 11.8 Å². The fourth-order valence-electron chi connectivity index (χ4n) is 2.23. The fraction of sp³-hybridized carbons (Fsp3) is 0.333. The summed E-state index contributed by atoms with van der Waals surface area (Å²) < 4.78 is 0. The van der Waals surface area contributed by atoms with E-state index in [1.807, 2.05) is 23.3 Å². The standard InChI is InChI=1S/C18H22N2O2S/c1-3-5-12-20(4-2)18(22)14-8-10-15(11-9-14)19-17(21)16-7-6-13-23-16/h6-11,13H,3-5,12H2,1-2H3,(H,19,21). The Balaban J connectivity index is 2.01. The Kier molecular flexibility index (Phi) is 6.35. The summed E-state index contributed by atoms with van der Waals surface area (Å²) in [4.78, 5) is 27.0. The van der Waals surface area contributed by atoms with E-state index in [0.717, 1.165) is 19.4 Å². The third-order valence-electron chi connectivity index (χ3n) is 3.59. The molecule has 122 valence electrons. The molecule has 1 heterocycles. The second-order valence-electron chi connectivity index (χ2n) is 5.25. The van der Waals surface area contributed by atoms with Crippen molar-refractivity contribution < 1.29 is 9.59 Å². The Morgan fingerprint density at radius 3 is 2.43 bits per heavy atom. The lowest BCUT2D eigenvalue weighted by atomic mass is 10.1. The Hall–Kier alpha value is -2.14. The molecule has 0 aliphatic rings. The first-order chi connectivity index (χ1) is 11.2. The molecule has 0 fully saturated rings. The molecule has 1 aromatic heterocycles. The van der Waals surface area contributed by atoms with Gasteiger partial charge >= 0.3 is 0 Å². The second kappa shape index (κ2) is 8.48. The number of thiophene rings is 1. The summed E-state index contributed by atoms with van der Waals surface area (Å²) in [5, 5.41) is 4.70. The molecule has 1 aromatic carbocycles. The van der Waals surface area contributed by atoms with E-state index in [1.54, 1.807) is 30.3 Å². The Bertz CT molecular complexity index is 636. The highest BCUT2D eigenvalue weighted by Gasteiger charge is 2.14. The van der Waals surface area contributed by atoms with Crippen LogP contribution in [0, 0.1) is 0 Å². The smallest absolute Gasteiger partial charge is 0.265 e. The molecule has 0 saturated heterocycles. The van der Waals surface area contributed by atoms with Crippen LogP contribution in [0.5, 0.6) is 0 Å². The topological polar surface area (TPSA) is 49.4 Å². The first kappa shape index (κ1) is 17.2. The average molecular weight is 330 g/mol. The van der Waals surface area contributed by atoms with Gasteiger partial charge in [0, 0.05) is 24.3 Å². The van der Waals surface area contributed by atoms with Crippen LogP contribution in [0.2, 0.25) is 0 Å². The van der Waals surface area contributed by atoms with Crippen LogP contribution >= 0.6 is 11.3 Å². The average Bonchev–Trinajstić information content (AvgIpc) is 3.10. The summed E-state index contributed by atoms with van der Waals surface area (Å²) in [5.41, 5.74) is 1.34. The third kappa shape index (κ3) is 4.66. The molecular weight excluding hydrogens is 308 g/mol. The minimum Gasteiger partial charge on any atom is -0.339 e. The maximum atomic E-state index is 12.4. The molecule has 2 aromatic rings. The normalized spacial score (nSPS) is 10.3. The lowest BCUT2D eigenvalue weighted by molar-refractivity contribution is 0.0762. The number of unbranched alkanes of at least 4 members (excludes halogenated alkanes) is 1. The van der Waals surface area contributed by atoms with E-state index in [0.29, 0.717) is 22.7 Å². The molecule has 0 saturated carbocycles. The van der Waals surface area contributed by atoms with Crippen LogP contribution in [-0.2, 0) is 0 Å². The molecule has 0 atom stereocenters. The van der Waals surface area contributed by atoms with Gasteiger partial charge in [0.05, 0.1) is 4.88 Å². The van der Waals surface area contributed by atoms with Crippen LogP contribution in [0.25, 0.3) is 0 Å². The highest BCUT2D eigenvalue weighted by Crippen LogP contribution is 2.15. The quantitative estimate of drug-likeness (QED) is 0.824. The van der Waals surface area contributed by atoms with Crippen molar-refractivity contribution in [3.63, 3.8) is 0 Å². The van der Waals surface area contributed by atoms with E-state index >= 15 is 0 Å². The molecule has 5 heteroatoms. The molecule has 1 N–H and O–H groups in total. The van der Waals surface area contributed by atoms with Gasteiger partial charge in [-0.1, -0.05) is 19.4 Å². The van der Waals surface area contributed by atoms with Gasteiger partial charge in [-0.2, -0.15) is 0 Å². The van der Waals surface area contributed by atoms with Crippen molar-refractivity contribution in [2.45, 2.75) is 26.7 Å². The number of nitrogens with one attached hydrogen (secondary N) is 1. The van der Waals surface area contributed by atoms with Crippen LogP contribution < -0.4 is 5.32 Å². The molecule has 0 bridgehead atoms. The number of rotatable bonds is 7. The van der Waals surface area contributed by atoms with Crippen molar-refractivity contribution in [2.75, 3.05) is 18.4 Å². The van der Waals surface area contributed by atoms with Gasteiger partial charge in [-0.25, -0.2) is 0 Å². The number of hydrogen-bond acceptors (Lipinski definition) is 3. The summed E-state index contributed by atoms with van der Waals surface area (Å²) in [6.07, 6.45) is 2.08. The van der Waals surface area contributed by atoms with Gasteiger partial charge in [-0.3, -0.25) is 9.59 Å². The van der Waals surface area contributed by atoms with Gasteiger partial charge in [0.15, 0.2) is 0 Å². The molecule has 0 unspecified atom stereocenters. The van der Waals surface area contributed by atoms with Gasteiger partial charge < -0.3 is 10.2 Å². The Morgan fingerprint density at radius 2 is 1.87 bits per heavy atom. The van der Waals surface area contributed by atoms with Crippen LogP contribution in [0.1, 0.15) is 46.7 Å². The SMILES string of the molecule is CCCCN(CC)C(=O)c1ccc(NC(=O)c2cccs2)cc1. The van der Waals surface area contributed by atoms with E-state index in [2.05, 4.69) is 12.2 Å². The summed E-state index contributed by atoms with van der Waals surface area (Å²) in [6.45, 7) is 5.59. The zero-order valence-electron chi connectivity index (χ0n) is 13.5. The van der Waals surface area contributed by atoms with Gasteiger partial charge in [0.2, 0.25) is 0 Å². The minimum atomic E-state index is -0.128. The van der Waals surface area contributed by atoms with E-state index in [9.17, 15) is 9.59 Å². The maximum absolute atomic E-state index is 12.4. The zero-order chi connectivity index (χ0) is 16.7. The predicted molar refractivity (Wildman–Crippen MR) is 95.2 cm³/mol. The summed E-state index contributed by atoms with van der Waals surface area (Å²) in [6, 6.07) is 10.7. The lowest BCUT2D eigenvalue weighted by Crippen LogP contribution is -2.31. The number of nitrogens with zero attached hydrogens (tertiary/aromatic N) is 1. The van der Waals surface area contributed by atoms with Gasteiger partial charge in [-0.15, -0.1) is 11.3 Å². The van der Waals surface area contributed by atoms with Crippen molar-refractivity contribution in [3.05, 3.63) is 52.2 Å². The molecule has 0 radical (unpaired) electrons. The molecule has 0 aliphatic heterocycles. The van der Waals surface area contributed by atoms with Crippen LogP contribution in [0.15, 0.2) is 41.8 Å². The predicted octanol–water partition coefficient (Wildman–Crippen LogP) is 4.26. The molecule has 0 aliphatic carbocycles. The van der Waals surface area contributed by atoms with Crippen molar-refractivity contribution in [2.24, 2.45) is 0 Å². The largest absolute Gasteiger partial charge is 0.339 e.